The molecular weight excluding hydrogens is 266 g/mol. The number of aromatic nitrogens is 1. The fourth-order valence-electron chi connectivity index (χ4n) is 3.82. The summed E-state index contributed by atoms with van der Waals surface area (Å²) < 4.78 is 0. The first-order valence-electron chi connectivity index (χ1n) is 8.05. The van der Waals surface area contributed by atoms with Crippen LogP contribution in [0.2, 0.25) is 0 Å². The minimum absolute atomic E-state index is 0.410. The zero-order valence-electron chi connectivity index (χ0n) is 12.8. The number of nitrogens with zero attached hydrogens (tertiary/aromatic N) is 2. The molecule has 1 aliphatic carbocycles. The summed E-state index contributed by atoms with van der Waals surface area (Å²) >= 11 is 1.80. The third kappa shape index (κ3) is 2.92. The lowest BCUT2D eigenvalue weighted by Gasteiger charge is -2.52. The molecule has 112 valence electrons. The van der Waals surface area contributed by atoms with Crippen molar-refractivity contribution in [3.63, 3.8) is 0 Å². The zero-order valence-corrected chi connectivity index (χ0v) is 13.6. The molecular formula is C16H27N3S. The van der Waals surface area contributed by atoms with Gasteiger partial charge in [0, 0.05) is 42.3 Å². The summed E-state index contributed by atoms with van der Waals surface area (Å²) in [7, 11) is 0. The standard InChI is InChI=1S/C16H27N3S/c1-13(2)15-10-19(9-14-8-17-12-20-14)16(11-18-15)6-4-3-5-7-16/h8,12-13,15,18H,3-7,9-11H2,1-2H3. The molecule has 1 unspecified atom stereocenters. The van der Waals surface area contributed by atoms with Crippen LogP contribution in [0.15, 0.2) is 11.7 Å². The highest BCUT2D eigenvalue weighted by molar-refractivity contribution is 7.09. The van der Waals surface area contributed by atoms with E-state index in [0.717, 1.165) is 6.54 Å². The second-order valence-corrected chi connectivity index (χ2v) is 7.84. The number of rotatable bonds is 3. The van der Waals surface area contributed by atoms with Crippen LogP contribution in [0.3, 0.4) is 0 Å². The van der Waals surface area contributed by atoms with Crippen molar-refractivity contribution >= 4 is 11.3 Å². The van der Waals surface area contributed by atoms with Crippen LogP contribution in [-0.2, 0) is 6.54 Å². The quantitative estimate of drug-likeness (QED) is 0.927. The molecule has 1 spiro atoms. The van der Waals surface area contributed by atoms with E-state index in [9.17, 15) is 0 Å². The first-order chi connectivity index (χ1) is 9.70. The number of piperazine rings is 1. The van der Waals surface area contributed by atoms with Crippen molar-refractivity contribution in [3.05, 3.63) is 16.6 Å². The molecule has 2 heterocycles. The number of thiazole rings is 1. The van der Waals surface area contributed by atoms with E-state index in [2.05, 4.69) is 29.0 Å². The van der Waals surface area contributed by atoms with Crippen molar-refractivity contribution in [2.24, 2.45) is 5.92 Å². The van der Waals surface area contributed by atoms with Crippen LogP contribution in [-0.4, -0.2) is 34.6 Å². The van der Waals surface area contributed by atoms with Gasteiger partial charge in [0.1, 0.15) is 0 Å². The van der Waals surface area contributed by atoms with Gasteiger partial charge in [-0.25, -0.2) is 0 Å². The second-order valence-electron chi connectivity index (χ2n) is 6.86. The Labute approximate surface area is 126 Å². The Hall–Kier alpha value is -0.450. The summed E-state index contributed by atoms with van der Waals surface area (Å²) in [6.45, 7) is 8.13. The third-order valence-corrected chi connectivity index (χ3v) is 5.96. The number of hydrogen-bond donors (Lipinski definition) is 1. The van der Waals surface area contributed by atoms with Gasteiger partial charge >= 0.3 is 0 Å². The lowest BCUT2D eigenvalue weighted by atomic mass is 9.77. The van der Waals surface area contributed by atoms with E-state index in [1.54, 1.807) is 11.3 Å². The maximum Gasteiger partial charge on any atom is 0.0794 e. The Morgan fingerprint density at radius 3 is 2.85 bits per heavy atom. The van der Waals surface area contributed by atoms with Gasteiger partial charge in [-0.15, -0.1) is 11.3 Å². The van der Waals surface area contributed by atoms with Gasteiger partial charge in [0.2, 0.25) is 0 Å². The SMILES string of the molecule is CC(C)C1CN(Cc2cncs2)C2(CCCCC2)CN1. The van der Waals surface area contributed by atoms with Crippen LogP contribution in [0.5, 0.6) is 0 Å². The summed E-state index contributed by atoms with van der Waals surface area (Å²) in [5.74, 6) is 0.708. The molecule has 1 aliphatic heterocycles. The van der Waals surface area contributed by atoms with Crippen LogP contribution in [0.4, 0.5) is 0 Å². The largest absolute Gasteiger partial charge is 0.311 e. The zero-order chi connectivity index (χ0) is 14.0. The summed E-state index contributed by atoms with van der Waals surface area (Å²) in [6.07, 6.45) is 8.99. The monoisotopic (exact) mass is 293 g/mol. The Kier molecular flexibility index (Phi) is 4.43. The molecule has 2 fully saturated rings. The molecule has 3 rings (SSSR count). The molecule has 0 aromatic carbocycles. The lowest BCUT2D eigenvalue weighted by Crippen LogP contribution is -2.65. The van der Waals surface area contributed by atoms with Gasteiger partial charge in [-0.2, -0.15) is 0 Å². The molecule has 4 heteroatoms. The van der Waals surface area contributed by atoms with E-state index < -0.39 is 0 Å². The van der Waals surface area contributed by atoms with Crippen LogP contribution in [0, 0.1) is 5.92 Å². The Bertz CT molecular complexity index is 409. The van der Waals surface area contributed by atoms with Gasteiger partial charge in [-0.1, -0.05) is 33.1 Å². The predicted octanol–water partition coefficient (Wildman–Crippen LogP) is 3.28. The number of nitrogens with one attached hydrogen (secondary N) is 1. The van der Waals surface area contributed by atoms with Gasteiger partial charge in [0.05, 0.1) is 5.51 Å². The third-order valence-electron chi connectivity index (χ3n) is 5.20. The molecule has 2 aliphatic rings. The molecule has 1 aromatic rings. The van der Waals surface area contributed by atoms with Crippen molar-refractivity contribution in [1.29, 1.82) is 0 Å². The lowest BCUT2D eigenvalue weighted by molar-refractivity contribution is -0.00355. The smallest absolute Gasteiger partial charge is 0.0794 e. The highest BCUT2D eigenvalue weighted by Crippen LogP contribution is 2.37. The Morgan fingerprint density at radius 1 is 1.40 bits per heavy atom. The second kappa shape index (κ2) is 6.12. The minimum atomic E-state index is 0.410. The van der Waals surface area contributed by atoms with Crippen molar-refractivity contribution in [3.8, 4) is 0 Å². The van der Waals surface area contributed by atoms with E-state index in [1.807, 2.05) is 11.7 Å². The molecule has 0 amide bonds. The van der Waals surface area contributed by atoms with Crippen molar-refractivity contribution in [2.45, 2.75) is 64.1 Å². The van der Waals surface area contributed by atoms with E-state index in [0.29, 0.717) is 17.5 Å². The fraction of sp³-hybridized carbons (Fsp3) is 0.812. The van der Waals surface area contributed by atoms with Crippen molar-refractivity contribution in [1.82, 2.24) is 15.2 Å². The maximum atomic E-state index is 4.25. The summed E-state index contributed by atoms with van der Waals surface area (Å²) in [5, 5.41) is 3.83. The van der Waals surface area contributed by atoms with Gasteiger partial charge in [0.15, 0.2) is 0 Å². The fourth-order valence-corrected chi connectivity index (χ4v) is 4.43. The Morgan fingerprint density at radius 2 is 2.20 bits per heavy atom. The van der Waals surface area contributed by atoms with Crippen LogP contribution in [0.1, 0.15) is 50.8 Å². The average molecular weight is 293 g/mol. The first kappa shape index (κ1) is 14.5. The van der Waals surface area contributed by atoms with E-state index in [-0.39, 0.29) is 0 Å². The Balaban J connectivity index is 1.77. The molecule has 0 bridgehead atoms. The molecule has 3 nitrogen and oxygen atoms in total. The van der Waals surface area contributed by atoms with Crippen molar-refractivity contribution < 1.29 is 0 Å². The van der Waals surface area contributed by atoms with Crippen LogP contribution >= 0.6 is 11.3 Å². The highest BCUT2D eigenvalue weighted by atomic mass is 32.1. The molecule has 1 N–H and O–H groups in total. The topological polar surface area (TPSA) is 28.2 Å². The summed E-state index contributed by atoms with van der Waals surface area (Å²) in [4.78, 5) is 8.45. The normalized spacial score (nSPS) is 27.2. The molecule has 1 atom stereocenters. The van der Waals surface area contributed by atoms with E-state index >= 15 is 0 Å². The minimum Gasteiger partial charge on any atom is -0.311 e. The van der Waals surface area contributed by atoms with Gasteiger partial charge in [-0.3, -0.25) is 9.88 Å². The summed E-state index contributed by atoms with van der Waals surface area (Å²) in [6, 6.07) is 0.635. The van der Waals surface area contributed by atoms with Crippen molar-refractivity contribution in [2.75, 3.05) is 13.1 Å². The van der Waals surface area contributed by atoms with Gasteiger partial charge in [0.25, 0.3) is 0 Å². The van der Waals surface area contributed by atoms with E-state index in [4.69, 9.17) is 0 Å². The molecule has 20 heavy (non-hydrogen) atoms. The molecule has 1 saturated heterocycles. The van der Waals surface area contributed by atoms with Crippen LogP contribution < -0.4 is 5.32 Å². The molecule has 1 saturated carbocycles. The summed E-state index contributed by atoms with van der Waals surface area (Å²) in [5.41, 5.74) is 2.37. The van der Waals surface area contributed by atoms with Crippen LogP contribution in [0.25, 0.3) is 0 Å². The number of hydrogen-bond acceptors (Lipinski definition) is 4. The molecule has 1 aromatic heterocycles. The highest BCUT2D eigenvalue weighted by Gasteiger charge is 2.42. The predicted molar refractivity (Wildman–Crippen MR) is 85.0 cm³/mol. The van der Waals surface area contributed by atoms with Gasteiger partial charge in [-0.05, 0) is 18.8 Å². The van der Waals surface area contributed by atoms with Gasteiger partial charge < -0.3 is 5.32 Å². The maximum absolute atomic E-state index is 4.25. The average Bonchev–Trinajstić information content (AvgIpc) is 2.95. The first-order valence-corrected chi connectivity index (χ1v) is 8.93. The molecule has 0 radical (unpaired) electrons. The van der Waals surface area contributed by atoms with E-state index in [1.165, 1.54) is 50.1 Å².